The number of rotatable bonds is 2. The van der Waals surface area contributed by atoms with E-state index >= 15 is 0 Å². The topological polar surface area (TPSA) is 34.1 Å². The monoisotopic (exact) mass is 286 g/mol. The molecule has 1 aliphatic rings. The molecule has 0 amide bonds. The lowest BCUT2D eigenvalue weighted by Crippen LogP contribution is -2.36. The van der Waals surface area contributed by atoms with Crippen LogP contribution in [0.15, 0.2) is 0 Å². The average molecular weight is 286 g/mol. The summed E-state index contributed by atoms with van der Waals surface area (Å²) >= 11 is -1.00. The molecule has 0 atom stereocenters. The molecule has 0 saturated heterocycles. The maximum absolute atomic E-state index is 13.6. The van der Waals surface area contributed by atoms with Crippen LogP contribution in [0.3, 0.4) is 0 Å². The molecule has 0 N–H and O–H groups in total. The first-order valence-corrected chi connectivity index (χ1v) is 6.17. The Kier molecular flexibility index (Phi) is 3.31. The number of ketones is 1. The number of alkyl halides is 2. The molecule has 1 rings (SSSR count). The van der Waals surface area contributed by atoms with Crippen molar-refractivity contribution in [3.8, 4) is 0 Å². The summed E-state index contributed by atoms with van der Waals surface area (Å²) in [5.41, 5.74) is -1.60. The van der Waals surface area contributed by atoms with Gasteiger partial charge in [-0.15, -0.1) is 0 Å². The lowest BCUT2D eigenvalue weighted by Gasteiger charge is -2.28. The molecule has 1 fully saturated rings. The third-order valence-electron chi connectivity index (χ3n) is 2.46. The third-order valence-corrected chi connectivity index (χ3v) is 4.43. The van der Waals surface area contributed by atoms with Crippen molar-refractivity contribution in [1.29, 1.82) is 0 Å². The van der Waals surface area contributed by atoms with Gasteiger partial charge in [0.05, 0.1) is 0 Å². The van der Waals surface area contributed by atoms with Crippen molar-refractivity contribution in [2.24, 2.45) is 0 Å². The van der Waals surface area contributed by atoms with Crippen LogP contribution in [0.5, 0.6) is 0 Å². The molecule has 0 bridgehead atoms. The SMILES string of the molecule is CC(=O)C1(F)CCC(I=O)CC1. The van der Waals surface area contributed by atoms with Gasteiger partial charge in [-0.2, -0.15) is 0 Å². The molecular weight excluding hydrogens is 274 g/mol. The summed E-state index contributed by atoms with van der Waals surface area (Å²) < 4.78 is 24.3. The van der Waals surface area contributed by atoms with Crippen LogP contribution in [0.1, 0.15) is 32.6 Å². The van der Waals surface area contributed by atoms with E-state index in [0.29, 0.717) is 12.8 Å². The summed E-state index contributed by atoms with van der Waals surface area (Å²) in [7, 11) is 0. The van der Waals surface area contributed by atoms with Gasteiger partial charge < -0.3 is 0 Å². The number of carbonyl (C=O) groups is 1. The molecule has 0 unspecified atom stereocenters. The standard InChI is InChI=1S/C8H12FIO2/c1-6(11)8(9)4-2-7(10-12)3-5-8/h7H,2-5H2,1H3. The Hall–Kier alpha value is 0.130. The molecule has 4 heteroatoms. The Bertz CT molecular complexity index is 197. The van der Waals surface area contributed by atoms with Gasteiger partial charge in [0.2, 0.25) is 0 Å². The smallest absolute Gasteiger partial charge is 0.168 e. The van der Waals surface area contributed by atoms with Crippen molar-refractivity contribution in [2.45, 2.75) is 42.2 Å². The van der Waals surface area contributed by atoms with Gasteiger partial charge in [0.25, 0.3) is 0 Å². The quantitative estimate of drug-likeness (QED) is 0.577. The van der Waals surface area contributed by atoms with Crippen LogP contribution in [0, 0.1) is 0 Å². The van der Waals surface area contributed by atoms with Gasteiger partial charge in [-0.3, -0.25) is 7.86 Å². The van der Waals surface area contributed by atoms with Gasteiger partial charge in [-0.05, 0) is 32.6 Å². The van der Waals surface area contributed by atoms with E-state index in [4.69, 9.17) is 0 Å². The highest BCUT2D eigenvalue weighted by atomic mass is 127. The van der Waals surface area contributed by atoms with Gasteiger partial charge >= 0.3 is 0 Å². The highest BCUT2D eigenvalue weighted by Crippen LogP contribution is 2.36. The molecule has 0 heterocycles. The average Bonchev–Trinajstić information content (AvgIpc) is 2.06. The Balaban J connectivity index is 2.55. The molecule has 1 saturated carbocycles. The van der Waals surface area contributed by atoms with Gasteiger partial charge in [0.15, 0.2) is 11.5 Å². The molecule has 0 radical (unpaired) electrons. The van der Waals surface area contributed by atoms with Crippen LogP contribution in [0.25, 0.3) is 0 Å². The Morgan fingerprint density at radius 3 is 2.33 bits per heavy atom. The Morgan fingerprint density at radius 2 is 2.00 bits per heavy atom. The number of halogens is 2. The molecule has 0 aromatic rings. The highest BCUT2D eigenvalue weighted by molar-refractivity contribution is 14.1. The van der Waals surface area contributed by atoms with Crippen molar-refractivity contribution in [3.05, 3.63) is 0 Å². The molecule has 0 spiro atoms. The zero-order chi connectivity index (χ0) is 9.19. The number of hydrogen-bond acceptors (Lipinski definition) is 2. The Labute approximate surface area is 81.6 Å². The minimum Gasteiger partial charge on any atom is -0.296 e. The fraction of sp³-hybridized carbons (Fsp3) is 0.875. The molecule has 0 aromatic carbocycles. The van der Waals surface area contributed by atoms with E-state index in [-0.39, 0.29) is 22.5 Å². The largest absolute Gasteiger partial charge is 0.296 e. The van der Waals surface area contributed by atoms with Crippen molar-refractivity contribution in [3.63, 3.8) is 0 Å². The lowest BCUT2D eigenvalue weighted by molar-refractivity contribution is -0.130. The van der Waals surface area contributed by atoms with E-state index < -0.39 is 26.9 Å². The minimum atomic E-state index is -1.60. The van der Waals surface area contributed by atoms with E-state index in [1.54, 1.807) is 0 Å². The summed E-state index contributed by atoms with van der Waals surface area (Å²) in [4.78, 5) is 10.9. The molecule has 12 heavy (non-hydrogen) atoms. The zero-order valence-electron chi connectivity index (χ0n) is 6.98. The van der Waals surface area contributed by atoms with Crippen LogP contribution in [-0.2, 0) is 7.86 Å². The summed E-state index contributed by atoms with van der Waals surface area (Å²) in [5, 5.41) is 0. The second kappa shape index (κ2) is 3.89. The summed E-state index contributed by atoms with van der Waals surface area (Å²) in [6, 6.07) is 0. The summed E-state index contributed by atoms with van der Waals surface area (Å²) in [6.45, 7) is 1.30. The molecular formula is C8H12FIO2. The number of carbonyl (C=O) groups excluding carboxylic acids is 1. The van der Waals surface area contributed by atoms with Gasteiger partial charge in [0, 0.05) is 3.92 Å². The van der Waals surface area contributed by atoms with Crippen LogP contribution in [0.4, 0.5) is 4.39 Å². The van der Waals surface area contributed by atoms with Crippen LogP contribution >= 0.6 is 21.2 Å². The third kappa shape index (κ3) is 2.08. The van der Waals surface area contributed by atoms with Crippen LogP contribution < -0.4 is 0 Å². The summed E-state index contributed by atoms with van der Waals surface area (Å²) in [5.74, 6) is -0.370. The minimum absolute atomic E-state index is 0.201. The zero-order valence-corrected chi connectivity index (χ0v) is 9.14. The fourth-order valence-electron chi connectivity index (χ4n) is 1.48. The lowest BCUT2D eigenvalue weighted by atomic mass is 9.84. The second-order valence-corrected chi connectivity index (χ2v) is 5.56. The van der Waals surface area contributed by atoms with Crippen molar-refractivity contribution in [1.82, 2.24) is 0 Å². The predicted octanol–water partition coefficient (Wildman–Crippen LogP) is 2.54. The van der Waals surface area contributed by atoms with E-state index in [1.807, 2.05) is 0 Å². The van der Waals surface area contributed by atoms with Crippen LogP contribution in [0.2, 0.25) is 0 Å². The predicted molar refractivity (Wildman–Crippen MR) is 51.5 cm³/mol. The van der Waals surface area contributed by atoms with E-state index in [2.05, 4.69) is 0 Å². The van der Waals surface area contributed by atoms with E-state index in [0.717, 1.165) is 0 Å². The highest BCUT2D eigenvalue weighted by Gasteiger charge is 2.39. The first-order chi connectivity index (χ1) is 5.58. The first kappa shape index (κ1) is 10.2. The van der Waals surface area contributed by atoms with Crippen molar-refractivity contribution < 1.29 is 12.3 Å². The molecule has 70 valence electrons. The molecule has 1 aliphatic carbocycles. The Morgan fingerprint density at radius 1 is 1.50 bits per heavy atom. The van der Waals surface area contributed by atoms with Gasteiger partial charge in [-0.1, -0.05) is 0 Å². The summed E-state index contributed by atoms with van der Waals surface area (Å²) in [6.07, 6.45) is 1.78. The van der Waals surface area contributed by atoms with Gasteiger partial charge in [0.1, 0.15) is 21.2 Å². The molecule has 0 aliphatic heterocycles. The first-order valence-electron chi connectivity index (χ1n) is 4.04. The maximum Gasteiger partial charge on any atom is 0.168 e. The maximum atomic E-state index is 13.6. The van der Waals surface area contributed by atoms with Crippen LogP contribution in [-0.4, -0.2) is 15.4 Å². The number of Topliss-reactive ketones (excluding diaryl/α,β-unsaturated/α-hetero) is 1. The van der Waals surface area contributed by atoms with Crippen molar-refractivity contribution in [2.75, 3.05) is 0 Å². The second-order valence-electron chi connectivity index (χ2n) is 3.29. The molecule has 2 nitrogen and oxygen atoms in total. The van der Waals surface area contributed by atoms with Gasteiger partial charge in [-0.25, -0.2) is 4.39 Å². The number of hydrogen-bond donors (Lipinski definition) is 0. The van der Waals surface area contributed by atoms with E-state index in [9.17, 15) is 12.3 Å². The molecule has 0 aromatic heterocycles. The van der Waals surface area contributed by atoms with E-state index in [1.165, 1.54) is 6.92 Å². The fourth-order valence-corrected chi connectivity index (χ4v) is 2.61. The normalized spacial score (nSPS) is 36.3. The van der Waals surface area contributed by atoms with Crippen molar-refractivity contribution >= 4 is 27.0 Å².